The van der Waals surface area contributed by atoms with Crippen molar-refractivity contribution in [2.45, 2.75) is 85.0 Å². The van der Waals surface area contributed by atoms with Crippen LogP contribution in [-0.4, -0.2) is 37.3 Å². The summed E-state index contributed by atoms with van der Waals surface area (Å²) in [6.45, 7) is 11.6. The first-order valence-electron chi connectivity index (χ1n) is 11.4. The maximum absolute atomic E-state index is 13.3. The predicted octanol–water partition coefficient (Wildman–Crippen LogP) is 3.07. The van der Waals surface area contributed by atoms with E-state index in [0.29, 0.717) is 25.9 Å². The monoisotopic (exact) mass is 464 g/mol. The average molecular weight is 465 g/mol. The Hall–Kier alpha value is -2.49. The highest BCUT2D eigenvalue weighted by atomic mass is 32.2. The largest absolute Gasteiger partial charge is 0.383 e. The van der Waals surface area contributed by atoms with Crippen LogP contribution in [0, 0.1) is 13.8 Å². The quantitative estimate of drug-likeness (QED) is 0.466. The van der Waals surface area contributed by atoms with Crippen molar-refractivity contribution in [3.63, 3.8) is 0 Å². The standard InChI is InChI=1S/C22H36N6O3S/c1-6-9-12-26-16(5)15(4)24-22(26)32-14-17(29)27(13-10-7-2)18-19(23)28(11-8-3)21(31)25-20(18)30/h6-14,23H2,1-5H3,(H,25,30,31). The molecule has 2 rings (SSSR count). The molecule has 10 heteroatoms. The predicted molar refractivity (Wildman–Crippen MR) is 131 cm³/mol. The van der Waals surface area contributed by atoms with Gasteiger partial charge in [-0.1, -0.05) is 45.4 Å². The fourth-order valence-corrected chi connectivity index (χ4v) is 4.47. The van der Waals surface area contributed by atoms with Crippen molar-refractivity contribution in [3.8, 4) is 0 Å². The number of anilines is 2. The third-order valence-electron chi connectivity index (χ3n) is 5.45. The molecule has 0 radical (unpaired) electrons. The number of carbonyl (C=O) groups excluding carboxylic acids is 1. The minimum Gasteiger partial charge on any atom is -0.383 e. The number of imidazole rings is 1. The van der Waals surface area contributed by atoms with E-state index in [1.54, 1.807) is 0 Å². The number of H-pyrrole nitrogens is 1. The summed E-state index contributed by atoms with van der Waals surface area (Å²) in [5, 5.41) is 0.801. The SMILES string of the molecule is CCCCN(C(=O)CSc1nc(C)c(C)n1CCCC)c1c(N)n(CCC)c(=O)[nH]c1=O. The van der Waals surface area contributed by atoms with Crippen LogP contribution >= 0.6 is 11.8 Å². The molecule has 0 bridgehead atoms. The Balaban J connectivity index is 2.35. The van der Waals surface area contributed by atoms with Crippen LogP contribution in [-0.2, 0) is 17.9 Å². The zero-order valence-corrected chi connectivity index (χ0v) is 20.7. The summed E-state index contributed by atoms with van der Waals surface area (Å²) in [6.07, 6.45) is 4.34. The fourth-order valence-electron chi connectivity index (χ4n) is 3.48. The smallest absolute Gasteiger partial charge is 0.330 e. The van der Waals surface area contributed by atoms with Gasteiger partial charge in [-0.25, -0.2) is 9.78 Å². The van der Waals surface area contributed by atoms with Crippen molar-refractivity contribution in [3.05, 3.63) is 32.2 Å². The number of rotatable bonds is 12. The number of hydrogen-bond donors (Lipinski definition) is 2. The maximum Gasteiger partial charge on any atom is 0.330 e. The molecule has 0 aliphatic heterocycles. The number of aryl methyl sites for hydroxylation is 1. The number of nitrogens with two attached hydrogens (primary N) is 1. The summed E-state index contributed by atoms with van der Waals surface area (Å²) in [7, 11) is 0. The van der Waals surface area contributed by atoms with Crippen molar-refractivity contribution in [2.75, 3.05) is 22.9 Å². The molecular formula is C22H36N6O3S. The van der Waals surface area contributed by atoms with Crippen LogP contribution in [0.4, 0.5) is 11.5 Å². The zero-order valence-electron chi connectivity index (χ0n) is 19.9. The fraction of sp³-hybridized carbons (Fsp3) is 0.636. The Kier molecular flexibility index (Phi) is 9.61. The summed E-state index contributed by atoms with van der Waals surface area (Å²) >= 11 is 1.37. The van der Waals surface area contributed by atoms with Crippen molar-refractivity contribution in [1.29, 1.82) is 0 Å². The Morgan fingerprint density at radius 3 is 2.38 bits per heavy atom. The normalized spacial score (nSPS) is 11.2. The van der Waals surface area contributed by atoms with Gasteiger partial charge < -0.3 is 15.2 Å². The van der Waals surface area contributed by atoms with Gasteiger partial charge in [-0.3, -0.25) is 19.1 Å². The van der Waals surface area contributed by atoms with Gasteiger partial charge in [0.2, 0.25) is 5.91 Å². The summed E-state index contributed by atoms with van der Waals surface area (Å²) in [5.74, 6) is -0.0776. The molecule has 0 spiro atoms. The summed E-state index contributed by atoms with van der Waals surface area (Å²) < 4.78 is 3.47. The Bertz CT molecular complexity index is 1040. The minimum absolute atomic E-state index is 0.0335. The van der Waals surface area contributed by atoms with E-state index >= 15 is 0 Å². The number of nitrogen functional groups attached to an aromatic ring is 1. The molecule has 0 fully saturated rings. The van der Waals surface area contributed by atoms with Gasteiger partial charge in [0.1, 0.15) is 5.82 Å². The first-order valence-corrected chi connectivity index (χ1v) is 12.3. The number of nitrogens with one attached hydrogen (secondary N) is 1. The van der Waals surface area contributed by atoms with E-state index < -0.39 is 11.2 Å². The molecule has 9 nitrogen and oxygen atoms in total. The molecule has 1 amide bonds. The highest BCUT2D eigenvalue weighted by Gasteiger charge is 2.24. The topological polar surface area (TPSA) is 119 Å². The van der Waals surface area contributed by atoms with Crippen molar-refractivity contribution in [2.24, 2.45) is 0 Å². The lowest BCUT2D eigenvalue weighted by Gasteiger charge is -2.24. The van der Waals surface area contributed by atoms with Crippen molar-refractivity contribution < 1.29 is 4.79 Å². The first kappa shape index (κ1) is 25.8. The van der Waals surface area contributed by atoms with Crippen LogP contribution in [0.15, 0.2) is 14.7 Å². The molecule has 0 aliphatic carbocycles. The van der Waals surface area contributed by atoms with Crippen LogP contribution in [0.5, 0.6) is 0 Å². The van der Waals surface area contributed by atoms with Crippen molar-refractivity contribution >= 4 is 29.2 Å². The Labute approximate surface area is 193 Å². The van der Waals surface area contributed by atoms with Gasteiger partial charge in [0.25, 0.3) is 5.56 Å². The molecule has 32 heavy (non-hydrogen) atoms. The highest BCUT2D eigenvalue weighted by molar-refractivity contribution is 7.99. The number of nitrogens with zero attached hydrogens (tertiary/aromatic N) is 4. The van der Waals surface area contributed by atoms with E-state index in [1.165, 1.54) is 21.2 Å². The van der Waals surface area contributed by atoms with Crippen LogP contribution in [0.25, 0.3) is 0 Å². The van der Waals surface area contributed by atoms with Gasteiger partial charge in [0.05, 0.1) is 11.4 Å². The second-order valence-electron chi connectivity index (χ2n) is 7.90. The Morgan fingerprint density at radius 1 is 1.06 bits per heavy atom. The lowest BCUT2D eigenvalue weighted by Crippen LogP contribution is -2.42. The third-order valence-corrected chi connectivity index (χ3v) is 6.41. The molecule has 0 unspecified atom stereocenters. The summed E-state index contributed by atoms with van der Waals surface area (Å²) in [6, 6.07) is 0. The van der Waals surface area contributed by atoms with E-state index in [2.05, 4.69) is 21.5 Å². The summed E-state index contributed by atoms with van der Waals surface area (Å²) in [4.78, 5) is 46.5. The average Bonchev–Trinajstić information content (AvgIpc) is 3.02. The molecule has 0 atom stereocenters. The highest BCUT2D eigenvalue weighted by Crippen LogP contribution is 2.24. The Morgan fingerprint density at radius 2 is 1.75 bits per heavy atom. The van der Waals surface area contributed by atoms with Gasteiger partial charge in [0.15, 0.2) is 10.8 Å². The molecule has 0 aromatic carbocycles. The van der Waals surface area contributed by atoms with Gasteiger partial charge in [0, 0.05) is 25.3 Å². The minimum atomic E-state index is -0.634. The maximum atomic E-state index is 13.3. The molecular weight excluding hydrogens is 428 g/mol. The third kappa shape index (κ3) is 5.85. The zero-order chi connectivity index (χ0) is 23.8. The van der Waals surface area contributed by atoms with Crippen LogP contribution < -0.4 is 21.9 Å². The molecule has 178 valence electrons. The number of carbonyl (C=O) groups is 1. The van der Waals surface area contributed by atoms with Gasteiger partial charge in [-0.2, -0.15) is 0 Å². The van der Waals surface area contributed by atoms with Crippen molar-refractivity contribution in [1.82, 2.24) is 19.1 Å². The molecule has 2 aromatic rings. The number of hydrogen-bond acceptors (Lipinski definition) is 6. The van der Waals surface area contributed by atoms with Gasteiger partial charge in [-0.15, -0.1) is 0 Å². The van der Waals surface area contributed by atoms with E-state index in [4.69, 9.17) is 5.73 Å². The second kappa shape index (κ2) is 11.9. The molecule has 0 saturated carbocycles. The van der Waals surface area contributed by atoms with Crippen LogP contribution in [0.3, 0.4) is 0 Å². The summed E-state index contributed by atoms with van der Waals surface area (Å²) in [5.41, 5.74) is 7.13. The van der Waals surface area contributed by atoms with Gasteiger partial charge in [-0.05, 0) is 33.1 Å². The van der Waals surface area contributed by atoms with E-state index in [9.17, 15) is 14.4 Å². The van der Waals surface area contributed by atoms with E-state index in [-0.39, 0.29) is 23.2 Å². The van der Waals surface area contributed by atoms with Crippen LogP contribution in [0.2, 0.25) is 0 Å². The lowest BCUT2D eigenvalue weighted by atomic mass is 10.2. The number of thioether (sulfide) groups is 1. The first-order chi connectivity index (χ1) is 15.3. The number of aromatic nitrogens is 4. The van der Waals surface area contributed by atoms with E-state index in [0.717, 1.165) is 42.4 Å². The lowest BCUT2D eigenvalue weighted by molar-refractivity contribution is -0.116. The molecule has 2 aromatic heterocycles. The number of aromatic amines is 1. The molecule has 0 saturated heterocycles. The second-order valence-corrected chi connectivity index (χ2v) is 8.85. The number of amides is 1. The van der Waals surface area contributed by atoms with Crippen LogP contribution in [0.1, 0.15) is 64.3 Å². The van der Waals surface area contributed by atoms with E-state index in [1.807, 2.05) is 27.7 Å². The van der Waals surface area contributed by atoms with Gasteiger partial charge >= 0.3 is 5.69 Å². The number of unbranched alkanes of at least 4 members (excludes halogenated alkanes) is 2. The molecule has 2 heterocycles. The molecule has 3 N–H and O–H groups in total. The molecule has 0 aliphatic rings.